The van der Waals surface area contributed by atoms with Gasteiger partial charge in [-0.05, 0) is 13.3 Å². The molecule has 2 nitrogen and oxygen atoms in total. The van der Waals surface area contributed by atoms with Gasteiger partial charge in [-0.15, -0.1) is 0 Å². The van der Waals surface area contributed by atoms with Crippen LogP contribution in [0.2, 0.25) is 0 Å². The van der Waals surface area contributed by atoms with Crippen molar-refractivity contribution in [3.05, 3.63) is 11.7 Å². The second-order valence-electron chi connectivity index (χ2n) is 1.94. The van der Waals surface area contributed by atoms with Crippen molar-refractivity contribution in [2.75, 3.05) is 0 Å². The maximum absolute atomic E-state index is 8.52. The summed E-state index contributed by atoms with van der Waals surface area (Å²) >= 11 is 0. The van der Waals surface area contributed by atoms with Gasteiger partial charge < -0.3 is 5.02 Å². The molecule has 0 saturated carbocycles. The first-order chi connectivity index (χ1) is 4.85. The number of hydrogen-bond donors (Lipinski definition) is 1. The van der Waals surface area contributed by atoms with Gasteiger partial charge in [-0.1, -0.05) is 19.4 Å². The van der Waals surface area contributed by atoms with Gasteiger partial charge in [0, 0.05) is 11.8 Å². The van der Waals surface area contributed by atoms with Crippen LogP contribution >= 0.6 is 0 Å². The summed E-state index contributed by atoms with van der Waals surface area (Å²) in [4.78, 5) is 3.98. The number of nitrogens with zero attached hydrogens (tertiary/aromatic N) is 1. The molecule has 0 spiro atoms. The topological polar surface area (TPSA) is 32.6 Å². The van der Waals surface area contributed by atoms with Gasteiger partial charge >= 0.3 is 7.48 Å². The fourth-order valence-electron chi connectivity index (χ4n) is 0.481. The summed E-state index contributed by atoms with van der Waals surface area (Å²) in [6, 6.07) is 0. The molecule has 1 N–H and O–H groups in total. The van der Waals surface area contributed by atoms with Crippen molar-refractivity contribution >= 4 is 13.7 Å². The highest BCUT2D eigenvalue weighted by molar-refractivity contribution is 6.36. The van der Waals surface area contributed by atoms with Crippen molar-refractivity contribution < 1.29 is 5.02 Å². The van der Waals surface area contributed by atoms with Crippen LogP contribution in [0.5, 0.6) is 0 Å². The number of unbranched alkanes of at least 4 members (excludes halogenated alkanes) is 1. The summed E-state index contributed by atoms with van der Waals surface area (Å²) in [5.74, 6) is 0. The summed E-state index contributed by atoms with van der Waals surface area (Å²) in [5, 5.41) is 8.52. The molecule has 0 fully saturated rings. The summed E-state index contributed by atoms with van der Waals surface area (Å²) < 4.78 is 0. The van der Waals surface area contributed by atoms with Crippen LogP contribution in [0.1, 0.15) is 26.7 Å². The molecule has 55 valence electrons. The Labute approximate surface area is 63.0 Å². The minimum absolute atomic E-state index is 0.619. The molecule has 3 heteroatoms. The molecule has 0 heterocycles. The zero-order chi connectivity index (χ0) is 7.82. The molecule has 0 rings (SSSR count). The Bertz CT molecular complexity index is 132. The largest absolute Gasteiger partial charge is 0.449 e. The molecule has 0 aromatic rings. The van der Waals surface area contributed by atoms with E-state index in [1.54, 1.807) is 6.08 Å². The van der Waals surface area contributed by atoms with Gasteiger partial charge in [0.15, 0.2) is 0 Å². The van der Waals surface area contributed by atoms with E-state index in [2.05, 4.69) is 11.9 Å². The molecule has 0 bridgehead atoms. The Morgan fingerprint density at radius 1 is 1.70 bits per heavy atom. The van der Waals surface area contributed by atoms with E-state index in [1.165, 1.54) is 0 Å². The Balaban J connectivity index is 3.63. The number of rotatable bonds is 4. The normalized spacial score (nSPS) is 12.5. The Morgan fingerprint density at radius 2 is 2.40 bits per heavy atom. The SMILES string of the molecule is C/C=C(/[B]O)N=CCCC. The van der Waals surface area contributed by atoms with E-state index >= 15 is 0 Å². The summed E-state index contributed by atoms with van der Waals surface area (Å²) in [6.07, 6.45) is 5.62. The minimum atomic E-state index is 0.619. The molecule has 0 aliphatic rings. The maximum atomic E-state index is 8.52. The van der Waals surface area contributed by atoms with Crippen molar-refractivity contribution in [2.45, 2.75) is 26.7 Å². The molecule has 0 aliphatic heterocycles. The Kier molecular flexibility index (Phi) is 6.18. The smallest absolute Gasteiger partial charge is 0.347 e. The average molecular weight is 138 g/mol. The van der Waals surface area contributed by atoms with Gasteiger partial charge in [0.2, 0.25) is 0 Å². The lowest BCUT2D eigenvalue weighted by atomic mass is 9.96. The first-order valence-electron chi connectivity index (χ1n) is 3.51. The molecule has 0 amide bonds. The van der Waals surface area contributed by atoms with Crippen LogP contribution in [0.3, 0.4) is 0 Å². The first kappa shape index (κ1) is 9.43. The lowest BCUT2D eigenvalue weighted by molar-refractivity contribution is 0.610. The monoisotopic (exact) mass is 138 g/mol. The van der Waals surface area contributed by atoms with Crippen LogP contribution in [-0.2, 0) is 0 Å². The highest BCUT2D eigenvalue weighted by atomic mass is 16.2. The summed E-state index contributed by atoms with van der Waals surface area (Å²) in [5.41, 5.74) is 0.619. The van der Waals surface area contributed by atoms with Gasteiger partial charge in [0.25, 0.3) is 0 Å². The minimum Gasteiger partial charge on any atom is -0.449 e. The van der Waals surface area contributed by atoms with Gasteiger partial charge in [0.1, 0.15) is 0 Å². The quantitative estimate of drug-likeness (QED) is 0.461. The molecule has 0 aromatic carbocycles. The third-order valence-corrected chi connectivity index (χ3v) is 1.09. The fraction of sp³-hybridized carbons (Fsp3) is 0.571. The maximum Gasteiger partial charge on any atom is 0.347 e. The van der Waals surface area contributed by atoms with Crippen LogP contribution in [0.15, 0.2) is 16.7 Å². The second kappa shape index (κ2) is 6.55. The van der Waals surface area contributed by atoms with E-state index in [-0.39, 0.29) is 0 Å². The number of aliphatic imine (C=N–C) groups is 1. The van der Waals surface area contributed by atoms with E-state index < -0.39 is 0 Å². The molecule has 0 atom stereocenters. The summed E-state index contributed by atoms with van der Waals surface area (Å²) in [6.45, 7) is 3.93. The van der Waals surface area contributed by atoms with E-state index in [1.807, 2.05) is 13.1 Å². The molecular weight excluding hydrogens is 125 g/mol. The van der Waals surface area contributed by atoms with Crippen LogP contribution in [-0.4, -0.2) is 18.7 Å². The fourth-order valence-corrected chi connectivity index (χ4v) is 0.481. The third-order valence-electron chi connectivity index (χ3n) is 1.09. The standard InChI is InChI=1S/C7H13BNO/c1-3-5-6-9-7(4-2)8-10/h4,6,10H,3,5H2,1-2H3/b7-4-,9-6?. The Morgan fingerprint density at radius 3 is 2.80 bits per heavy atom. The van der Waals surface area contributed by atoms with Crippen LogP contribution < -0.4 is 0 Å². The summed E-state index contributed by atoms with van der Waals surface area (Å²) in [7, 11) is 1.01. The van der Waals surface area contributed by atoms with Crippen molar-refractivity contribution in [1.82, 2.24) is 0 Å². The van der Waals surface area contributed by atoms with E-state index in [4.69, 9.17) is 5.02 Å². The average Bonchev–Trinajstić information content (AvgIpc) is 1.99. The number of hydrogen-bond acceptors (Lipinski definition) is 2. The van der Waals surface area contributed by atoms with Crippen molar-refractivity contribution in [3.8, 4) is 0 Å². The van der Waals surface area contributed by atoms with Crippen LogP contribution in [0.4, 0.5) is 0 Å². The van der Waals surface area contributed by atoms with Crippen molar-refractivity contribution in [2.24, 2.45) is 4.99 Å². The van der Waals surface area contributed by atoms with E-state index in [9.17, 15) is 0 Å². The molecule has 0 saturated heterocycles. The Hall–Kier alpha value is -0.565. The van der Waals surface area contributed by atoms with Crippen molar-refractivity contribution in [1.29, 1.82) is 0 Å². The van der Waals surface area contributed by atoms with Crippen LogP contribution in [0.25, 0.3) is 0 Å². The van der Waals surface area contributed by atoms with E-state index in [0.29, 0.717) is 5.60 Å². The predicted molar refractivity (Wildman–Crippen MR) is 45.1 cm³/mol. The zero-order valence-corrected chi connectivity index (χ0v) is 6.54. The van der Waals surface area contributed by atoms with Gasteiger partial charge in [-0.2, -0.15) is 0 Å². The molecule has 0 aromatic heterocycles. The highest BCUT2D eigenvalue weighted by Gasteiger charge is 1.89. The third kappa shape index (κ3) is 4.33. The van der Waals surface area contributed by atoms with Crippen molar-refractivity contribution in [3.63, 3.8) is 0 Å². The molecule has 0 aliphatic carbocycles. The molecule has 0 unspecified atom stereocenters. The predicted octanol–water partition coefficient (Wildman–Crippen LogP) is 1.33. The van der Waals surface area contributed by atoms with Crippen LogP contribution in [0, 0.1) is 0 Å². The van der Waals surface area contributed by atoms with E-state index in [0.717, 1.165) is 20.3 Å². The lowest BCUT2D eigenvalue weighted by Crippen LogP contribution is -1.91. The van der Waals surface area contributed by atoms with Gasteiger partial charge in [0.05, 0.1) is 0 Å². The van der Waals surface area contributed by atoms with Gasteiger partial charge in [-0.3, -0.25) is 4.99 Å². The lowest BCUT2D eigenvalue weighted by Gasteiger charge is -1.89. The second-order valence-corrected chi connectivity index (χ2v) is 1.94. The number of allylic oxidation sites excluding steroid dienone is 1. The molecule has 1 radical (unpaired) electrons. The first-order valence-corrected chi connectivity index (χ1v) is 3.51. The molecular formula is C7H13BNO. The van der Waals surface area contributed by atoms with Gasteiger partial charge in [-0.25, -0.2) is 0 Å². The molecule has 10 heavy (non-hydrogen) atoms. The highest BCUT2D eigenvalue weighted by Crippen LogP contribution is 1.91. The zero-order valence-electron chi connectivity index (χ0n) is 6.54.